The van der Waals surface area contributed by atoms with E-state index < -0.39 is 5.60 Å². The summed E-state index contributed by atoms with van der Waals surface area (Å²) in [5.74, 6) is 1.78. The summed E-state index contributed by atoms with van der Waals surface area (Å²) >= 11 is 1.77. The van der Waals surface area contributed by atoms with Gasteiger partial charge < -0.3 is 10.8 Å². The maximum Gasteiger partial charge on any atom is 0.107 e. The minimum atomic E-state index is -0.867. The Kier molecular flexibility index (Phi) is 2.88. The van der Waals surface area contributed by atoms with Gasteiger partial charge in [0, 0.05) is 29.4 Å². The van der Waals surface area contributed by atoms with E-state index in [0.29, 0.717) is 11.4 Å². The lowest BCUT2D eigenvalue weighted by Gasteiger charge is -2.46. The lowest BCUT2D eigenvalue weighted by Crippen LogP contribution is -2.47. The van der Waals surface area contributed by atoms with E-state index in [0.717, 1.165) is 17.7 Å². The minimum absolute atomic E-state index is 0.157. The van der Waals surface area contributed by atoms with Crippen molar-refractivity contribution in [1.29, 1.82) is 0 Å². The van der Waals surface area contributed by atoms with E-state index >= 15 is 0 Å². The zero-order valence-corrected chi connectivity index (χ0v) is 10.5. The molecule has 1 aliphatic heterocycles. The SMILES string of the molecule is CC1(C)CCSCC1(O)c1cnccc1N. The van der Waals surface area contributed by atoms with Gasteiger partial charge in [-0.25, -0.2) is 0 Å². The van der Waals surface area contributed by atoms with Gasteiger partial charge in [-0.2, -0.15) is 11.8 Å². The molecule has 1 saturated heterocycles. The Labute approximate surface area is 100 Å². The molecular formula is C12H18N2OS. The van der Waals surface area contributed by atoms with Crippen LogP contribution in [0.5, 0.6) is 0 Å². The fourth-order valence-electron chi connectivity index (χ4n) is 2.14. The summed E-state index contributed by atoms with van der Waals surface area (Å²) < 4.78 is 0. The van der Waals surface area contributed by atoms with Crippen molar-refractivity contribution in [1.82, 2.24) is 4.98 Å². The molecule has 88 valence electrons. The van der Waals surface area contributed by atoms with Crippen LogP contribution in [0.2, 0.25) is 0 Å². The van der Waals surface area contributed by atoms with E-state index in [9.17, 15) is 5.11 Å². The van der Waals surface area contributed by atoms with Crippen molar-refractivity contribution in [3.63, 3.8) is 0 Å². The van der Waals surface area contributed by atoms with Crippen LogP contribution < -0.4 is 5.73 Å². The van der Waals surface area contributed by atoms with E-state index in [-0.39, 0.29) is 5.41 Å². The van der Waals surface area contributed by atoms with Gasteiger partial charge in [0.05, 0.1) is 0 Å². The van der Waals surface area contributed by atoms with Crippen LogP contribution in [0.4, 0.5) is 5.69 Å². The Hall–Kier alpha value is -0.740. The molecule has 0 spiro atoms. The van der Waals surface area contributed by atoms with Crippen LogP contribution in [0.1, 0.15) is 25.8 Å². The number of nitrogens with two attached hydrogens (primary N) is 1. The van der Waals surface area contributed by atoms with Gasteiger partial charge in [-0.15, -0.1) is 0 Å². The second-order valence-electron chi connectivity index (χ2n) is 5.01. The molecule has 0 aromatic carbocycles. The zero-order valence-electron chi connectivity index (χ0n) is 9.73. The zero-order chi connectivity index (χ0) is 11.8. The number of anilines is 1. The third-order valence-electron chi connectivity index (χ3n) is 3.60. The van der Waals surface area contributed by atoms with Gasteiger partial charge in [0.1, 0.15) is 5.60 Å². The number of thioether (sulfide) groups is 1. The van der Waals surface area contributed by atoms with E-state index in [1.165, 1.54) is 0 Å². The van der Waals surface area contributed by atoms with Crippen molar-refractivity contribution < 1.29 is 5.11 Å². The molecule has 1 aromatic rings. The first-order chi connectivity index (χ1) is 7.47. The first-order valence-corrected chi connectivity index (χ1v) is 6.63. The number of nitrogen functional groups attached to an aromatic ring is 1. The number of hydrogen-bond donors (Lipinski definition) is 2. The van der Waals surface area contributed by atoms with Gasteiger partial charge in [0.15, 0.2) is 0 Å². The van der Waals surface area contributed by atoms with Gasteiger partial charge in [-0.1, -0.05) is 13.8 Å². The Balaban J connectivity index is 2.48. The maximum absolute atomic E-state index is 10.9. The van der Waals surface area contributed by atoms with Gasteiger partial charge in [0.2, 0.25) is 0 Å². The molecule has 3 N–H and O–H groups in total. The van der Waals surface area contributed by atoms with Crippen molar-refractivity contribution in [3.05, 3.63) is 24.0 Å². The molecule has 0 saturated carbocycles. The van der Waals surface area contributed by atoms with Gasteiger partial charge in [0.25, 0.3) is 0 Å². The van der Waals surface area contributed by atoms with E-state index in [1.807, 2.05) is 0 Å². The fraction of sp³-hybridized carbons (Fsp3) is 0.583. The summed E-state index contributed by atoms with van der Waals surface area (Å²) in [7, 11) is 0. The third kappa shape index (κ3) is 1.70. The van der Waals surface area contributed by atoms with Crippen LogP contribution in [0.25, 0.3) is 0 Å². The van der Waals surface area contributed by atoms with E-state index in [2.05, 4.69) is 18.8 Å². The molecule has 2 heterocycles. The average Bonchev–Trinajstić information content (AvgIpc) is 2.23. The maximum atomic E-state index is 10.9. The standard InChI is InChI=1S/C12H18N2OS/c1-11(2)4-6-16-8-12(11,15)9-7-14-5-3-10(9)13/h3,5,7,15H,4,6,8H2,1-2H3,(H2,13,14). The first kappa shape index (κ1) is 11.7. The van der Waals surface area contributed by atoms with Crippen LogP contribution in [0, 0.1) is 5.41 Å². The summed E-state index contributed by atoms with van der Waals surface area (Å²) in [5, 5.41) is 10.9. The summed E-state index contributed by atoms with van der Waals surface area (Å²) in [5.41, 5.74) is 6.33. The molecule has 1 aliphatic rings. The monoisotopic (exact) mass is 238 g/mol. The summed E-state index contributed by atoms with van der Waals surface area (Å²) in [6.07, 6.45) is 4.34. The highest BCUT2D eigenvalue weighted by Gasteiger charge is 2.47. The predicted molar refractivity (Wildman–Crippen MR) is 68.3 cm³/mol. The number of hydrogen-bond acceptors (Lipinski definition) is 4. The number of nitrogens with zero attached hydrogens (tertiary/aromatic N) is 1. The molecule has 1 aromatic heterocycles. The Morgan fingerprint density at radius 3 is 2.88 bits per heavy atom. The van der Waals surface area contributed by atoms with Gasteiger partial charge in [-0.05, 0) is 23.7 Å². The molecule has 0 aliphatic carbocycles. The highest BCUT2D eigenvalue weighted by Crippen LogP contribution is 2.49. The average molecular weight is 238 g/mol. The molecule has 0 radical (unpaired) electrons. The van der Waals surface area contributed by atoms with Crippen molar-refractivity contribution >= 4 is 17.4 Å². The lowest BCUT2D eigenvalue weighted by molar-refractivity contribution is -0.0574. The van der Waals surface area contributed by atoms with Crippen molar-refractivity contribution in [2.24, 2.45) is 5.41 Å². The lowest BCUT2D eigenvalue weighted by atomic mass is 9.70. The molecule has 0 bridgehead atoms. The molecule has 2 rings (SSSR count). The van der Waals surface area contributed by atoms with E-state index in [1.54, 1.807) is 30.2 Å². The van der Waals surface area contributed by atoms with Crippen molar-refractivity contribution in [2.75, 3.05) is 17.2 Å². The van der Waals surface area contributed by atoms with Crippen LogP contribution in [-0.4, -0.2) is 21.6 Å². The molecule has 1 fully saturated rings. The van der Waals surface area contributed by atoms with Crippen LogP contribution >= 0.6 is 11.8 Å². The third-order valence-corrected chi connectivity index (χ3v) is 4.72. The highest BCUT2D eigenvalue weighted by atomic mass is 32.2. The Morgan fingerprint density at radius 2 is 2.25 bits per heavy atom. The molecule has 1 unspecified atom stereocenters. The Morgan fingerprint density at radius 1 is 1.50 bits per heavy atom. The summed E-state index contributed by atoms with van der Waals surface area (Å²) in [6, 6.07) is 1.75. The quantitative estimate of drug-likeness (QED) is 0.786. The fourth-order valence-corrected chi connectivity index (χ4v) is 3.78. The first-order valence-electron chi connectivity index (χ1n) is 5.47. The normalized spacial score (nSPS) is 28.9. The summed E-state index contributed by atoms with van der Waals surface area (Å²) in [4.78, 5) is 4.08. The molecule has 1 atom stereocenters. The molecule has 3 nitrogen and oxygen atoms in total. The highest BCUT2D eigenvalue weighted by molar-refractivity contribution is 7.99. The summed E-state index contributed by atoms with van der Waals surface area (Å²) in [6.45, 7) is 4.19. The second kappa shape index (κ2) is 3.93. The van der Waals surface area contributed by atoms with Gasteiger partial charge >= 0.3 is 0 Å². The Bertz CT molecular complexity index is 394. The number of rotatable bonds is 1. The van der Waals surface area contributed by atoms with Crippen LogP contribution in [0.15, 0.2) is 18.5 Å². The van der Waals surface area contributed by atoms with Gasteiger partial charge in [-0.3, -0.25) is 4.98 Å². The molecule has 0 amide bonds. The predicted octanol–water partition coefficient (Wildman–Crippen LogP) is 2.01. The second-order valence-corrected chi connectivity index (χ2v) is 6.11. The number of aliphatic hydroxyl groups is 1. The number of pyridine rings is 1. The smallest absolute Gasteiger partial charge is 0.107 e. The topological polar surface area (TPSA) is 59.1 Å². The largest absolute Gasteiger partial charge is 0.398 e. The van der Waals surface area contributed by atoms with E-state index in [4.69, 9.17) is 5.73 Å². The number of aromatic nitrogens is 1. The van der Waals surface area contributed by atoms with Crippen molar-refractivity contribution in [2.45, 2.75) is 25.9 Å². The molecule has 16 heavy (non-hydrogen) atoms. The minimum Gasteiger partial charge on any atom is -0.398 e. The molecule has 4 heteroatoms. The van der Waals surface area contributed by atoms with Crippen molar-refractivity contribution in [3.8, 4) is 0 Å². The van der Waals surface area contributed by atoms with Crippen LogP contribution in [-0.2, 0) is 5.60 Å². The van der Waals surface area contributed by atoms with Crippen LogP contribution in [0.3, 0.4) is 0 Å². The molecular weight excluding hydrogens is 220 g/mol.